The first-order valence-electron chi connectivity index (χ1n) is 13.8. The van der Waals surface area contributed by atoms with Gasteiger partial charge in [0, 0.05) is 24.7 Å². The van der Waals surface area contributed by atoms with E-state index in [1.807, 2.05) is 0 Å². The smallest absolute Gasteiger partial charge is 0.365 e. The molecule has 0 saturated carbocycles. The van der Waals surface area contributed by atoms with Gasteiger partial charge in [0.15, 0.2) is 29.4 Å². The van der Waals surface area contributed by atoms with E-state index in [0.717, 1.165) is 12.1 Å². The normalized spacial score (nSPS) is 19.2. The van der Waals surface area contributed by atoms with Crippen molar-refractivity contribution < 1.29 is 41.4 Å². The zero-order valence-electron chi connectivity index (χ0n) is 24.0. The van der Waals surface area contributed by atoms with Crippen LogP contribution in [-0.2, 0) is 15.6 Å². The van der Waals surface area contributed by atoms with E-state index in [1.54, 1.807) is 9.47 Å². The number of nitrogens with two attached hydrogens (primary N) is 2. The van der Waals surface area contributed by atoms with E-state index in [2.05, 4.69) is 24.5 Å². The zero-order valence-corrected chi connectivity index (χ0v) is 24.9. The lowest BCUT2D eigenvalue weighted by Gasteiger charge is -2.44. The molecule has 3 atom stereocenters. The number of anilines is 2. The van der Waals surface area contributed by atoms with Gasteiger partial charge in [-0.2, -0.15) is 0 Å². The van der Waals surface area contributed by atoms with Gasteiger partial charge in [-0.05, 0) is 37.5 Å². The van der Waals surface area contributed by atoms with Gasteiger partial charge in [-0.15, -0.1) is 0 Å². The number of fused-ring (bicyclic) bond motifs is 1. The summed E-state index contributed by atoms with van der Waals surface area (Å²) in [6.45, 7) is 1.75. The van der Waals surface area contributed by atoms with Crippen LogP contribution in [0.2, 0.25) is 0 Å². The van der Waals surface area contributed by atoms with Crippen molar-refractivity contribution in [2.75, 3.05) is 36.7 Å². The highest BCUT2D eigenvalue weighted by Gasteiger charge is 2.43. The third-order valence-corrected chi connectivity index (χ3v) is 8.59. The third kappa shape index (κ3) is 6.87. The van der Waals surface area contributed by atoms with Crippen molar-refractivity contribution in [3.05, 3.63) is 54.2 Å². The summed E-state index contributed by atoms with van der Waals surface area (Å²) < 4.78 is 80.6. The highest BCUT2D eigenvalue weighted by Crippen LogP contribution is 2.42. The Morgan fingerprint density at radius 2 is 1.93 bits per heavy atom. The molecule has 1 aliphatic heterocycles. The first kappa shape index (κ1) is 32.5. The Kier molecular flexibility index (Phi) is 9.28. The molecule has 18 heteroatoms. The fourth-order valence-corrected chi connectivity index (χ4v) is 6.06. The van der Waals surface area contributed by atoms with Crippen molar-refractivity contribution in [1.29, 1.82) is 0 Å². The third-order valence-electron chi connectivity index (χ3n) is 7.47. The summed E-state index contributed by atoms with van der Waals surface area (Å²) in [4.78, 5) is 28.2. The van der Waals surface area contributed by atoms with Crippen LogP contribution >= 0.6 is 7.60 Å². The molecule has 1 aromatic carbocycles. The van der Waals surface area contributed by atoms with Crippen molar-refractivity contribution in [2.24, 2.45) is 5.73 Å². The molecule has 0 aliphatic carbocycles. The van der Waals surface area contributed by atoms with Crippen LogP contribution in [0, 0.1) is 11.6 Å². The summed E-state index contributed by atoms with van der Waals surface area (Å²) in [7, 11) is -4.18. The van der Waals surface area contributed by atoms with Gasteiger partial charge in [0.2, 0.25) is 0 Å². The Morgan fingerprint density at radius 3 is 2.67 bits per heavy atom. The lowest BCUT2D eigenvalue weighted by molar-refractivity contribution is -0.0529. The van der Waals surface area contributed by atoms with E-state index < -0.39 is 49.4 Å². The van der Waals surface area contributed by atoms with Gasteiger partial charge in [0.1, 0.15) is 23.8 Å². The second kappa shape index (κ2) is 12.8. The number of hydrogen-bond donors (Lipinski definition) is 4. The van der Waals surface area contributed by atoms with Crippen molar-refractivity contribution >= 4 is 30.3 Å². The molecule has 4 aromatic rings. The lowest BCUT2D eigenvalue weighted by atomic mass is 9.84. The van der Waals surface area contributed by atoms with Gasteiger partial charge in [0.25, 0.3) is 6.43 Å². The van der Waals surface area contributed by atoms with Crippen LogP contribution in [0.5, 0.6) is 5.75 Å². The minimum absolute atomic E-state index is 0.0149. The zero-order chi connectivity index (χ0) is 32.5. The highest BCUT2D eigenvalue weighted by molar-refractivity contribution is 7.52. The van der Waals surface area contributed by atoms with Gasteiger partial charge >= 0.3 is 7.60 Å². The van der Waals surface area contributed by atoms with Crippen molar-refractivity contribution in [3.8, 4) is 17.0 Å². The maximum absolute atomic E-state index is 15.3. The fraction of sp³-hybridized carbons (Fsp3) is 0.407. The van der Waals surface area contributed by atoms with Gasteiger partial charge in [0.05, 0.1) is 42.6 Å². The van der Waals surface area contributed by atoms with Crippen molar-refractivity contribution in [1.82, 2.24) is 24.5 Å². The summed E-state index contributed by atoms with van der Waals surface area (Å²) in [5.41, 5.74) is 12.0. The Labute approximate surface area is 254 Å². The number of imidazole rings is 1. The van der Waals surface area contributed by atoms with Gasteiger partial charge in [-0.3, -0.25) is 9.55 Å². The number of hydrogen-bond acceptors (Lipinski definition) is 11. The number of nitrogen functional groups attached to an aromatic ring is 1. The average Bonchev–Trinajstić information content (AvgIpc) is 3.40. The molecule has 0 radical (unpaired) electrons. The van der Waals surface area contributed by atoms with E-state index in [4.69, 9.17) is 16.2 Å². The molecule has 13 nitrogen and oxygen atoms in total. The van der Waals surface area contributed by atoms with Gasteiger partial charge in [-0.1, -0.05) is 0 Å². The number of piperidine rings is 1. The van der Waals surface area contributed by atoms with E-state index in [0.29, 0.717) is 35.4 Å². The summed E-state index contributed by atoms with van der Waals surface area (Å²) in [6.07, 6.45) is -1.33. The predicted octanol–water partition coefficient (Wildman–Crippen LogP) is 3.28. The van der Waals surface area contributed by atoms with Crippen LogP contribution in [0.4, 0.5) is 29.1 Å². The first-order chi connectivity index (χ1) is 21.3. The van der Waals surface area contributed by atoms with E-state index in [1.165, 1.54) is 31.8 Å². The summed E-state index contributed by atoms with van der Waals surface area (Å²) in [5.74, 6) is -2.41. The van der Waals surface area contributed by atoms with Crippen LogP contribution in [0.3, 0.4) is 0 Å². The van der Waals surface area contributed by atoms with Gasteiger partial charge in [-0.25, -0.2) is 32.5 Å². The van der Waals surface area contributed by atoms with Crippen LogP contribution in [0.1, 0.15) is 25.3 Å². The molecule has 0 spiro atoms. The molecular formula is C27H31F4N8O5P. The number of nitrogens with zero attached hydrogens (tertiary/aromatic N) is 6. The molecule has 1 saturated heterocycles. The molecule has 0 bridgehead atoms. The molecule has 6 N–H and O–H groups in total. The number of aliphatic hydroxyl groups excluding tert-OH is 1. The minimum atomic E-state index is -4.18. The molecule has 45 heavy (non-hydrogen) atoms. The Morgan fingerprint density at radius 1 is 1.16 bits per heavy atom. The fourth-order valence-electron chi connectivity index (χ4n) is 5.28. The summed E-state index contributed by atoms with van der Waals surface area (Å²) >= 11 is 0. The number of aromatic nitrogens is 5. The lowest BCUT2D eigenvalue weighted by Crippen LogP contribution is -2.63. The maximum atomic E-state index is 15.3. The molecular weight excluding hydrogens is 623 g/mol. The molecule has 1 unspecified atom stereocenters. The van der Waals surface area contributed by atoms with Crippen LogP contribution in [-0.4, -0.2) is 78.6 Å². The number of pyridine rings is 1. The largest absolute Gasteiger partial charge is 0.478 e. The standard InChI is InChI=1S/C27H31F4N8O5P/c1-2-44-45(41,42)14-43-21-8-17(28)16(7-18(21)29)19-6-15(10-39-13-37-22-25(32)35-12-36-26(22)39)20(9-34-19)38-5-3-4-27(33,11-38)23(40)24(30)31/h6-9,12-13,23-24,40H,2-5,10-11,14,33H2,1H3,(H,41,42)(H2,32,35,36)/t23-,27-/m1/s1. The summed E-state index contributed by atoms with van der Waals surface area (Å²) in [5, 5.41) is 10.2. The first-order valence-corrected chi connectivity index (χ1v) is 15.6. The van der Waals surface area contributed by atoms with Crippen molar-refractivity contribution in [2.45, 2.75) is 44.4 Å². The maximum Gasteiger partial charge on any atom is 0.365 e. The van der Waals surface area contributed by atoms with E-state index >= 15 is 8.78 Å². The topological polar surface area (TPSA) is 188 Å². The second-order valence-corrected chi connectivity index (χ2v) is 12.4. The van der Waals surface area contributed by atoms with E-state index in [-0.39, 0.29) is 43.2 Å². The molecule has 4 heterocycles. The number of alkyl halides is 2. The number of rotatable bonds is 11. The molecule has 3 aromatic heterocycles. The molecule has 5 rings (SSSR count). The van der Waals surface area contributed by atoms with Gasteiger partial charge < -0.3 is 40.2 Å². The average molecular weight is 655 g/mol. The Bertz CT molecular complexity index is 1750. The SMILES string of the molecule is CCOP(=O)(O)COc1cc(F)c(-c2cc(Cn3cnc4c(N)ncnc43)c(N3CCC[C@](N)([C@H](O)C(F)F)C3)cn2)cc1F. The molecule has 1 aliphatic rings. The quantitative estimate of drug-likeness (QED) is 0.137. The number of benzene rings is 1. The van der Waals surface area contributed by atoms with Crippen LogP contribution in [0.25, 0.3) is 22.4 Å². The molecule has 1 fully saturated rings. The predicted molar refractivity (Wildman–Crippen MR) is 156 cm³/mol. The Balaban J connectivity index is 1.53. The summed E-state index contributed by atoms with van der Waals surface area (Å²) in [6, 6.07) is 3.07. The van der Waals surface area contributed by atoms with E-state index in [9.17, 15) is 23.3 Å². The van der Waals surface area contributed by atoms with Crippen molar-refractivity contribution in [3.63, 3.8) is 0 Å². The monoisotopic (exact) mass is 654 g/mol. The molecule has 0 amide bonds. The second-order valence-electron chi connectivity index (χ2n) is 10.6. The Hall–Kier alpha value is -3.89. The number of aliphatic hydroxyl groups is 1. The minimum Gasteiger partial charge on any atom is -0.478 e. The highest BCUT2D eigenvalue weighted by atomic mass is 31.2. The number of ether oxygens (including phenoxy) is 1. The molecule has 242 valence electrons. The van der Waals surface area contributed by atoms with Crippen LogP contribution < -0.4 is 21.1 Å². The number of halogens is 4. The van der Waals surface area contributed by atoms with Crippen LogP contribution in [0.15, 0.2) is 37.1 Å².